The number of nitrogens with zero attached hydrogens (tertiary/aromatic N) is 3. The van der Waals surface area contributed by atoms with Gasteiger partial charge in [-0.2, -0.15) is 0 Å². The topological polar surface area (TPSA) is 59.9 Å². The van der Waals surface area contributed by atoms with Gasteiger partial charge < -0.3 is 10.1 Å². The molecule has 0 aliphatic rings. The van der Waals surface area contributed by atoms with Gasteiger partial charge in [0.15, 0.2) is 5.13 Å². The highest BCUT2D eigenvalue weighted by Gasteiger charge is 2.06. The van der Waals surface area contributed by atoms with Gasteiger partial charge >= 0.3 is 0 Å². The summed E-state index contributed by atoms with van der Waals surface area (Å²) in [5.74, 6) is 1.62. The minimum absolute atomic E-state index is 0.662. The van der Waals surface area contributed by atoms with Gasteiger partial charge in [0.05, 0.1) is 16.8 Å². The highest BCUT2D eigenvalue weighted by atomic mass is 32.1. The van der Waals surface area contributed by atoms with E-state index in [0.29, 0.717) is 6.61 Å². The number of rotatable bonds is 4. The van der Waals surface area contributed by atoms with Crippen molar-refractivity contribution >= 4 is 32.5 Å². The van der Waals surface area contributed by atoms with Crippen LogP contribution in [0.1, 0.15) is 12.6 Å². The Balaban J connectivity index is 1.89. The standard InChI is InChI=1S/C14H14N4OS/c1-3-19-10-4-5-11-12(7-10)20-14(17-11)18-13-6-9(2)15-8-16-13/h4-8H,3H2,1-2H3,(H,15,16,17,18). The molecule has 0 spiro atoms. The van der Waals surface area contributed by atoms with Gasteiger partial charge in [-0.15, -0.1) is 0 Å². The zero-order valence-electron chi connectivity index (χ0n) is 11.3. The molecule has 0 aliphatic carbocycles. The average Bonchev–Trinajstić information content (AvgIpc) is 2.80. The lowest BCUT2D eigenvalue weighted by atomic mass is 10.3. The molecule has 102 valence electrons. The van der Waals surface area contributed by atoms with Gasteiger partial charge in [0.1, 0.15) is 17.9 Å². The van der Waals surface area contributed by atoms with Crippen LogP contribution in [-0.4, -0.2) is 21.6 Å². The van der Waals surface area contributed by atoms with E-state index in [-0.39, 0.29) is 0 Å². The van der Waals surface area contributed by atoms with Crippen molar-refractivity contribution in [1.29, 1.82) is 0 Å². The van der Waals surface area contributed by atoms with Crippen molar-refractivity contribution in [2.45, 2.75) is 13.8 Å². The van der Waals surface area contributed by atoms with Gasteiger partial charge in [-0.3, -0.25) is 0 Å². The fourth-order valence-corrected chi connectivity index (χ4v) is 2.75. The highest BCUT2D eigenvalue weighted by Crippen LogP contribution is 2.30. The molecule has 6 heteroatoms. The summed E-state index contributed by atoms with van der Waals surface area (Å²) in [6, 6.07) is 7.79. The molecule has 2 heterocycles. The Labute approximate surface area is 120 Å². The fraction of sp³-hybridized carbons (Fsp3) is 0.214. The van der Waals surface area contributed by atoms with Crippen LogP contribution in [0, 0.1) is 6.92 Å². The van der Waals surface area contributed by atoms with E-state index in [2.05, 4.69) is 20.3 Å². The fourth-order valence-electron chi connectivity index (χ4n) is 1.85. The molecule has 0 atom stereocenters. The summed E-state index contributed by atoms with van der Waals surface area (Å²) in [5.41, 5.74) is 1.87. The molecule has 0 radical (unpaired) electrons. The molecule has 5 nitrogen and oxygen atoms in total. The number of ether oxygens (including phenoxy) is 1. The normalized spacial score (nSPS) is 10.7. The molecule has 0 unspecified atom stereocenters. The third-order valence-electron chi connectivity index (χ3n) is 2.71. The highest BCUT2D eigenvalue weighted by molar-refractivity contribution is 7.22. The molecule has 0 saturated heterocycles. The van der Waals surface area contributed by atoms with Crippen molar-refractivity contribution in [3.63, 3.8) is 0 Å². The molecule has 1 aromatic carbocycles. The third-order valence-corrected chi connectivity index (χ3v) is 3.64. The van der Waals surface area contributed by atoms with E-state index < -0.39 is 0 Å². The van der Waals surface area contributed by atoms with Crippen LogP contribution in [0.5, 0.6) is 5.75 Å². The van der Waals surface area contributed by atoms with Crippen molar-refractivity contribution in [2.24, 2.45) is 0 Å². The maximum atomic E-state index is 5.50. The van der Waals surface area contributed by atoms with Crippen LogP contribution in [-0.2, 0) is 0 Å². The lowest BCUT2D eigenvalue weighted by Gasteiger charge is -2.00. The molecule has 0 amide bonds. The Morgan fingerprint density at radius 3 is 2.95 bits per heavy atom. The summed E-state index contributed by atoms with van der Waals surface area (Å²) in [6.07, 6.45) is 1.54. The lowest BCUT2D eigenvalue weighted by molar-refractivity contribution is 0.341. The maximum absolute atomic E-state index is 5.50. The van der Waals surface area contributed by atoms with Crippen molar-refractivity contribution in [2.75, 3.05) is 11.9 Å². The lowest BCUT2D eigenvalue weighted by Crippen LogP contribution is -1.94. The summed E-state index contributed by atoms with van der Waals surface area (Å²) in [4.78, 5) is 12.8. The van der Waals surface area contributed by atoms with Crippen molar-refractivity contribution in [3.8, 4) is 5.75 Å². The molecule has 1 N–H and O–H groups in total. The summed E-state index contributed by atoms with van der Waals surface area (Å²) in [5, 5.41) is 4.01. The van der Waals surface area contributed by atoms with Crippen molar-refractivity contribution < 1.29 is 4.74 Å². The first-order valence-corrected chi connectivity index (χ1v) is 7.15. The van der Waals surface area contributed by atoms with E-state index in [1.54, 1.807) is 11.3 Å². The summed E-state index contributed by atoms with van der Waals surface area (Å²) in [6.45, 7) is 4.57. The van der Waals surface area contributed by atoms with Crippen LogP contribution >= 0.6 is 11.3 Å². The molecule has 0 bridgehead atoms. The van der Waals surface area contributed by atoms with E-state index in [0.717, 1.165) is 32.6 Å². The monoisotopic (exact) mass is 286 g/mol. The van der Waals surface area contributed by atoms with Gasteiger partial charge in [0, 0.05) is 11.8 Å². The van der Waals surface area contributed by atoms with E-state index in [1.807, 2.05) is 38.1 Å². The SMILES string of the molecule is CCOc1ccc2nc(Nc3cc(C)ncn3)sc2c1. The van der Waals surface area contributed by atoms with Crippen LogP contribution in [0.3, 0.4) is 0 Å². The maximum Gasteiger partial charge on any atom is 0.189 e. The number of aromatic nitrogens is 3. The Hall–Kier alpha value is -2.21. The number of benzene rings is 1. The number of nitrogens with one attached hydrogen (secondary N) is 1. The first kappa shape index (κ1) is 12.8. The first-order chi connectivity index (χ1) is 9.74. The summed E-state index contributed by atoms with van der Waals surface area (Å²) < 4.78 is 6.58. The van der Waals surface area contributed by atoms with Gasteiger partial charge in [-0.1, -0.05) is 11.3 Å². The molecule has 20 heavy (non-hydrogen) atoms. The molecule has 0 saturated carbocycles. The Morgan fingerprint density at radius 1 is 1.25 bits per heavy atom. The minimum Gasteiger partial charge on any atom is -0.494 e. The number of fused-ring (bicyclic) bond motifs is 1. The molecule has 3 aromatic rings. The van der Waals surface area contributed by atoms with E-state index in [9.17, 15) is 0 Å². The second-order valence-corrected chi connectivity index (χ2v) is 5.28. The molecule has 0 aliphatic heterocycles. The predicted octanol–water partition coefficient (Wildman–Crippen LogP) is 3.54. The van der Waals surface area contributed by atoms with E-state index >= 15 is 0 Å². The zero-order valence-corrected chi connectivity index (χ0v) is 12.1. The Bertz CT molecular complexity index is 741. The number of thiazole rings is 1. The number of aryl methyl sites for hydroxylation is 1. The first-order valence-electron chi connectivity index (χ1n) is 6.33. The predicted molar refractivity (Wildman–Crippen MR) is 80.8 cm³/mol. The van der Waals surface area contributed by atoms with Gasteiger partial charge in [0.2, 0.25) is 0 Å². The molecular weight excluding hydrogens is 272 g/mol. The number of hydrogen-bond acceptors (Lipinski definition) is 6. The molecular formula is C14H14N4OS. The van der Waals surface area contributed by atoms with Gasteiger partial charge in [-0.25, -0.2) is 15.0 Å². The summed E-state index contributed by atoms with van der Waals surface area (Å²) >= 11 is 1.58. The zero-order chi connectivity index (χ0) is 13.9. The smallest absolute Gasteiger partial charge is 0.189 e. The third kappa shape index (κ3) is 2.70. The average molecular weight is 286 g/mol. The van der Waals surface area contributed by atoms with Gasteiger partial charge in [-0.05, 0) is 32.0 Å². The number of hydrogen-bond donors (Lipinski definition) is 1. The van der Waals surface area contributed by atoms with Crippen LogP contribution in [0.2, 0.25) is 0 Å². The van der Waals surface area contributed by atoms with Crippen molar-refractivity contribution in [3.05, 3.63) is 36.3 Å². The second-order valence-electron chi connectivity index (χ2n) is 4.25. The van der Waals surface area contributed by atoms with E-state index in [4.69, 9.17) is 4.74 Å². The molecule has 0 fully saturated rings. The van der Waals surface area contributed by atoms with Crippen LogP contribution in [0.25, 0.3) is 10.2 Å². The van der Waals surface area contributed by atoms with Crippen LogP contribution in [0.15, 0.2) is 30.6 Å². The minimum atomic E-state index is 0.662. The Kier molecular flexibility index (Phi) is 3.47. The summed E-state index contributed by atoms with van der Waals surface area (Å²) in [7, 11) is 0. The van der Waals surface area contributed by atoms with Crippen LogP contribution in [0.4, 0.5) is 10.9 Å². The second kappa shape index (κ2) is 5.42. The Morgan fingerprint density at radius 2 is 2.15 bits per heavy atom. The van der Waals surface area contributed by atoms with E-state index in [1.165, 1.54) is 6.33 Å². The largest absolute Gasteiger partial charge is 0.494 e. The van der Waals surface area contributed by atoms with Crippen molar-refractivity contribution in [1.82, 2.24) is 15.0 Å². The van der Waals surface area contributed by atoms with Crippen LogP contribution < -0.4 is 10.1 Å². The number of anilines is 2. The molecule has 2 aromatic heterocycles. The van der Waals surface area contributed by atoms with Gasteiger partial charge in [0.25, 0.3) is 0 Å². The quantitative estimate of drug-likeness (QED) is 0.795. The molecule has 3 rings (SSSR count).